The van der Waals surface area contributed by atoms with Gasteiger partial charge in [-0.15, -0.1) is 23.5 Å². The summed E-state index contributed by atoms with van der Waals surface area (Å²) in [5.41, 5.74) is 3.41. The number of methoxy groups -OCH3 is 1. The number of hydrogen-bond donors (Lipinski definition) is 1. The number of ether oxygens (including phenoxy) is 2. The largest absolute Gasteiger partial charge is 0.490 e. The van der Waals surface area contributed by atoms with Crippen molar-refractivity contribution in [1.82, 2.24) is 4.72 Å². The maximum absolute atomic E-state index is 13.8. The lowest BCUT2D eigenvalue weighted by Crippen LogP contribution is -2.56. The zero-order chi connectivity index (χ0) is 33.7. The van der Waals surface area contributed by atoms with Gasteiger partial charge >= 0.3 is 0 Å². The number of carbonyl (C=O) groups is 1. The third-order valence-electron chi connectivity index (χ3n) is 11.7. The summed E-state index contributed by atoms with van der Waals surface area (Å²) >= 11 is 10.6. The third-order valence-corrected chi connectivity index (χ3v) is 16.7. The van der Waals surface area contributed by atoms with Crippen LogP contribution in [0.25, 0.3) is 0 Å². The molecule has 0 aromatic heterocycles. The maximum atomic E-state index is 13.8. The molecule has 0 radical (unpaired) electrons. The number of fused-ring (bicyclic) bond motifs is 4. The lowest BCUT2D eigenvalue weighted by Gasteiger charge is -2.53. The minimum atomic E-state index is -2.88. The lowest BCUT2D eigenvalue weighted by molar-refractivity contribution is -0.0640. The van der Waals surface area contributed by atoms with Crippen LogP contribution < -0.4 is 14.4 Å². The first-order chi connectivity index (χ1) is 23.0. The Bertz CT molecular complexity index is 1680. The summed E-state index contributed by atoms with van der Waals surface area (Å²) in [6.07, 6.45) is 11.2. The van der Waals surface area contributed by atoms with E-state index in [0.29, 0.717) is 34.3 Å². The van der Waals surface area contributed by atoms with Gasteiger partial charge in [0.1, 0.15) is 11.4 Å². The number of amides is 1. The van der Waals surface area contributed by atoms with Crippen molar-refractivity contribution in [2.75, 3.05) is 49.0 Å². The smallest absolute Gasteiger partial charge is 0.262 e. The molecule has 2 aromatic rings. The highest BCUT2D eigenvalue weighted by Gasteiger charge is 2.53. The molecule has 1 N–H and O–H groups in total. The minimum absolute atomic E-state index is 0.0539. The summed E-state index contributed by atoms with van der Waals surface area (Å²) in [5, 5.41) is 0.773. The summed E-state index contributed by atoms with van der Waals surface area (Å²) in [4.78, 5) is 16.2. The number of nitrogens with one attached hydrogen (secondary N) is 1. The van der Waals surface area contributed by atoms with Gasteiger partial charge in [-0.1, -0.05) is 43.7 Å². The standard InChI is InChI=1S/C38H49ClN2O4S3/c1-25-14-16-38(44-3,36-46-17-6-18-47-36)32-11-8-29(32)21-41-23-37(15-5-7-27-19-30(39)10-12-31(27)37)24-45-34-13-9-28(20-33(34)41)35(42)40-48(4,43)22-26(25)2/h9-10,12-14,16,19-20,25-26,29,32,36H,4-8,11,15,17-18,21-24H2,1-3H3,(H,40,42,43)/b16-14+/t25-,26+,29-,32+,37-,38+,48?/m0/s1. The van der Waals surface area contributed by atoms with Gasteiger partial charge in [-0.05, 0) is 121 Å². The van der Waals surface area contributed by atoms with E-state index >= 15 is 0 Å². The Hall–Kier alpha value is -1.78. The third kappa shape index (κ3) is 6.56. The maximum Gasteiger partial charge on any atom is 0.262 e. The summed E-state index contributed by atoms with van der Waals surface area (Å²) in [7, 11) is -0.979. The number of thioether (sulfide) groups is 2. The number of anilines is 1. The van der Waals surface area contributed by atoms with Gasteiger partial charge in [0.2, 0.25) is 0 Å². The van der Waals surface area contributed by atoms with E-state index in [1.54, 1.807) is 6.07 Å². The molecule has 7 atom stereocenters. The molecule has 1 saturated carbocycles. The second-order valence-electron chi connectivity index (χ2n) is 14.8. The summed E-state index contributed by atoms with van der Waals surface area (Å²) < 4.78 is 30.3. The lowest BCUT2D eigenvalue weighted by atomic mass is 9.64. The number of rotatable bonds is 2. The van der Waals surface area contributed by atoms with Crippen LogP contribution in [0.4, 0.5) is 5.69 Å². The van der Waals surface area contributed by atoms with E-state index in [9.17, 15) is 9.00 Å². The van der Waals surface area contributed by atoms with Crippen molar-refractivity contribution in [2.45, 2.75) is 68.0 Å². The molecule has 5 aliphatic rings. The molecule has 1 saturated heterocycles. The molecule has 2 aromatic carbocycles. The van der Waals surface area contributed by atoms with Crippen LogP contribution in [0.5, 0.6) is 5.75 Å². The highest BCUT2D eigenvalue weighted by Crippen LogP contribution is 2.54. The van der Waals surface area contributed by atoms with Crippen molar-refractivity contribution in [3.05, 3.63) is 70.3 Å². The molecular weight excluding hydrogens is 680 g/mol. The van der Waals surface area contributed by atoms with Gasteiger partial charge in [-0.3, -0.25) is 9.52 Å². The van der Waals surface area contributed by atoms with Crippen molar-refractivity contribution in [2.24, 2.45) is 23.7 Å². The van der Waals surface area contributed by atoms with Gasteiger partial charge in [0, 0.05) is 51.7 Å². The number of carbonyl (C=O) groups excluding carboxylic acids is 1. The molecule has 1 unspecified atom stereocenters. The highest BCUT2D eigenvalue weighted by molar-refractivity contribution is 8.17. The fourth-order valence-electron chi connectivity index (χ4n) is 8.70. The van der Waals surface area contributed by atoms with Gasteiger partial charge in [0.15, 0.2) is 0 Å². The van der Waals surface area contributed by atoms with Crippen LogP contribution in [-0.2, 0) is 26.3 Å². The number of benzene rings is 2. The van der Waals surface area contributed by atoms with Crippen molar-refractivity contribution in [3.8, 4) is 5.75 Å². The molecule has 10 heteroatoms. The topological polar surface area (TPSA) is 67.9 Å². The Kier molecular flexibility index (Phi) is 9.92. The number of allylic oxidation sites excluding steroid dienone is 1. The fourth-order valence-corrected chi connectivity index (χ4v) is 14.0. The Morgan fingerprint density at radius 1 is 1.12 bits per heavy atom. The summed E-state index contributed by atoms with van der Waals surface area (Å²) in [5.74, 6) is 7.99. The van der Waals surface area contributed by atoms with Gasteiger partial charge < -0.3 is 14.4 Å². The zero-order valence-electron chi connectivity index (χ0n) is 28.4. The second-order valence-corrected chi connectivity index (χ2v) is 20.1. The molecule has 3 heterocycles. The molecule has 1 amide bonds. The summed E-state index contributed by atoms with van der Waals surface area (Å²) in [6, 6.07) is 12.0. The van der Waals surface area contributed by atoms with E-state index in [2.05, 4.69) is 53.6 Å². The predicted octanol–water partition coefficient (Wildman–Crippen LogP) is 7.62. The zero-order valence-corrected chi connectivity index (χ0v) is 31.6. The normalized spacial score (nSPS) is 36.5. The monoisotopic (exact) mass is 728 g/mol. The van der Waals surface area contributed by atoms with E-state index < -0.39 is 15.3 Å². The molecule has 260 valence electrons. The molecule has 6 nitrogen and oxygen atoms in total. The highest BCUT2D eigenvalue weighted by atomic mass is 35.5. The van der Waals surface area contributed by atoms with Crippen LogP contribution in [-0.4, -0.2) is 70.2 Å². The van der Waals surface area contributed by atoms with Crippen LogP contribution >= 0.6 is 35.1 Å². The van der Waals surface area contributed by atoms with Crippen molar-refractivity contribution < 1.29 is 18.5 Å². The van der Waals surface area contributed by atoms with Gasteiger partial charge in [0.25, 0.3) is 5.91 Å². The molecular formula is C38H49ClN2O4S3. The van der Waals surface area contributed by atoms with Crippen LogP contribution in [0.3, 0.4) is 0 Å². The van der Waals surface area contributed by atoms with Crippen LogP contribution in [0.2, 0.25) is 5.02 Å². The van der Waals surface area contributed by atoms with Crippen molar-refractivity contribution in [1.29, 1.82) is 0 Å². The molecule has 1 spiro atoms. The van der Waals surface area contributed by atoms with E-state index in [-0.39, 0.29) is 23.2 Å². The molecule has 3 aliphatic heterocycles. The molecule has 7 rings (SSSR count). The fraction of sp³-hybridized carbons (Fsp3) is 0.579. The molecule has 2 bridgehead atoms. The first kappa shape index (κ1) is 34.7. The Balaban J connectivity index is 1.34. The van der Waals surface area contributed by atoms with Crippen LogP contribution in [0.1, 0.15) is 67.4 Å². The minimum Gasteiger partial charge on any atom is -0.490 e. The van der Waals surface area contributed by atoms with Gasteiger partial charge in [0.05, 0.1) is 16.9 Å². The number of hydrogen-bond acceptors (Lipinski definition) is 7. The van der Waals surface area contributed by atoms with Gasteiger partial charge in [-0.2, -0.15) is 0 Å². The number of aryl methyl sites for hydroxylation is 1. The van der Waals surface area contributed by atoms with E-state index in [4.69, 9.17) is 21.1 Å². The van der Waals surface area contributed by atoms with Gasteiger partial charge in [-0.25, -0.2) is 4.21 Å². The van der Waals surface area contributed by atoms with E-state index in [0.717, 1.165) is 73.2 Å². The number of nitrogens with zero attached hydrogens (tertiary/aromatic N) is 1. The quantitative estimate of drug-likeness (QED) is 0.252. The molecule has 2 fully saturated rings. The molecule has 2 aliphatic carbocycles. The van der Waals surface area contributed by atoms with E-state index in [1.165, 1.54) is 17.5 Å². The first-order valence-electron chi connectivity index (χ1n) is 17.5. The van der Waals surface area contributed by atoms with E-state index in [1.807, 2.05) is 48.8 Å². The summed E-state index contributed by atoms with van der Waals surface area (Å²) in [6.45, 7) is 6.47. The Labute approximate surface area is 300 Å². The Morgan fingerprint density at radius 3 is 2.69 bits per heavy atom. The Morgan fingerprint density at radius 2 is 1.94 bits per heavy atom. The number of halogens is 1. The second kappa shape index (κ2) is 13.7. The van der Waals surface area contributed by atoms with Crippen molar-refractivity contribution in [3.63, 3.8) is 0 Å². The van der Waals surface area contributed by atoms with Crippen LogP contribution in [0.15, 0.2) is 48.6 Å². The molecule has 48 heavy (non-hydrogen) atoms. The first-order valence-corrected chi connectivity index (χ1v) is 21.9. The average molecular weight is 729 g/mol. The van der Waals surface area contributed by atoms with Crippen LogP contribution in [0, 0.1) is 23.7 Å². The average Bonchev–Trinajstić information content (AvgIpc) is 3.21. The van der Waals surface area contributed by atoms with Crippen molar-refractivity contribution >= 4 is 62.3 Å². The SMILES string of the molecule is C=S1(=O)C[C@@H](C)[C@@H](C)/C=C/[C@](OC)(C2SCCCS2)[C@@H]2CC[C@H]2CN2C[C@@]3(CCCc4cc(Cl)ccc43)COc3ccc(cc32)C(=O)N1. The predicted molar refractivity (Wildman–Crippen MR) is 205 cm³/mol.